The van der Waals surface area contributed by atoms with Gasteiger partial charge in [0.1, 0.15) is 0 Å². The highest BCUT2D eigenvalue weighted by Crippen LogP contribution is 2.18. The molecule has 1 fully saturated rings. The van der Waals surface area contributed by atoms with Crippen LogP contribution in [0.4, 0.5) is 5.69 Å². The van der Waals surface area contributed by atoms with E-state index in [4.69, 9.17) is 0 Å². The summed E-state index contributed by atoms with van der Waals surface area (Å²) in [5.74, 6) is 0.0445. The number of carbonyl (C=O) groups is 1. The van der Waals surface area contributed by atoms with Crippen molar-refractivity contribution in [1.82, 2.24) is 10.2 Å². The van der Waals surface area contributed by atoms with Crippen molar-refractivity contribution in [2.24, 2.45) is 0 Å². The molecule has 1 heterocycles. The molecular formula is C20H25N3O. The molecule has 1 atom stereocenters. The smallest absolute Gasteiger partial charge is 0.224 e. The van der Waals surface area contributed by atoms with Crippen LogP contribution < -0.4 is 10.6 Å². The molecule has 2 aromatic rings. The van der Waals surface area contributed by atoms with Crippen molar-refractivity contribution in [3.63, 3.8) is 0 Å². The average molecular weight is 323 g/mol. The third-order valence-electron chi connectivity index (χ3n) is 4.49. The summed E-state index contributed by atoms with van der Waals surface area (Å²) in [5, 5.41) is 6.26. The number of anilines is 1. The van der Waals surface area contributed by atoms with Gasteiger partial charge in [-0.1, -0.05) is 42.5 Å². The Morgan fingerprint density at radius 3 is 2.54 bits per heavy atom. The Morgan fingerprint density at radius 2 is 1.83 bits per heavy atom. The van der Waals surface area contributed by atoms with Crippen LogP contribution in [-0.4, -0.2) is 37.0 Å². The zero-order valence-corrected chi connectivity index (χ0v) is 14.2. The van der Waals surface area contributed by atoms with E-state index in [9.17, 15) is 4.79 Å². The average Bonchev–Trinajstić information content (AvgIpc) is 3.04. The SMILES string of the molecule is CNC(=O)Cc1ccc(NC2CCN(Cc3ccccc3)C2)cc1. The second-order valence-electron chi connectivity index (χ2n) is 6.40. The molecule has 0 radical (unpaired) electrons. The first-order valence-corrected chi connectivity index (χ1v) is 8.55. The van der Waals surface area contributed by atoms with Gasteiger partial charge in [0.15, 0.2) is 0 Å². The first-order valence-electron chi connectivity index (χ1n) is 8.55. The van der Waals surface area contributed by atoms with Crippen LogP contribution in [0.15, 0.2) is 54.6 Å². The molecule has 1 saturated heterocycles. The molecule has 4 heteroatoms. The third kappa shape index (κ3) is 4.59. The van der Waals surface area contributed by atoms with Gasteiger partial charge in [0.25, 0.3) is 0 Å². The van der Waals surface area contributed by atoms with Crippen LogP contribution in [0, 0.1) is 0 Å². The standard InChI is InChI=1S/C20H25N3O/c1-21-20(24)13-16-7-9-18(10-8-16)22-19-11-12-23(15-19)14-17-5-3-2-4-6-17/h2-10,19,22H,11-15H2,1H3,(H,21,24). The highest BCUT2D eigenvalue weighted by Gasteiger charge is 2.22. The quantitative estimate of drug-likeness (QED) is 0.859. The molecule has 0 aromatic heterocycles. The van der Waals surface area contributed by atoms with E-state index in [1.54, 1.807) is 7.05 Å². The second-order valence-corrected chi connectivity index (χ2v) is 6.40. The summed E-state index contributed by atoms with van der Waals surface area (Å²) in [4.78, 5) is 13.9. The largest absolute Gasteiger partial charge is 0.381 e. The lowest BCUT2D eigenvalue weighted by Crippen LogP contribution is -2.26. The fraction of sp³-hybridized carbons (Fsp3) is 0.350. The normalized spacial score (nSPS) is 17.6. The van der Waals surface area contributed by atoms with E-state index >= 15 is 0 Å². The van der Waals surface area contributed by atoms with Gasteiger partial charge in [-0.25, -0.2) is 0 Å². The number of benzene rings is 2. The van der Waals surface area contributed by atoms with Crippen LogP contribution in [-0.2, 0) is 17.8 Å². The van der Waals surface area contributed by atoms with E-state index < -0.39 is 0 Å². The molecule has 1 aliphatic rings. The van der Waals surface area contributed by atoms with Crippen LogP contribution in [0.5, 0.6) is 0 Å². The van der Waals surface area contributed by atoms with Crippen LogP contribution in [0.3, 0.4) is 0 Å². The Bertz CT molecular complexity index is 654. The van der Waals surface area contributed by atoms with Crippen LogP contribution in [0.25, 0.3) is 0 Å². The monoisotopic (exact) mass is 323 g/mol. The summed E-state index contributed by atoms with van der Waals surface area (Å²) >= 11 is 0. The predicted octanol–water partition coefficient (Wildman–Crippen LogP) is 2.66. The Balaban J connectivity index is 1.49. The number of nitrogens with zero attached hydrogens (tertiary/aromatic N) is 1. The van der Waals surface area contributed by atoms with Crippen LogP contribution in [0.1, 0.15) is 17.5 Å². The summed E-state index contributed by atoms with van der Waals surface area (Å²) < 4.78 is 0. The first kappa shape index (κ1) is 16.5. The van der Waals surface area contributed by atoms with Gasteiger partial charge in [-0.05, 0) is 29.7 Å². The van der Waals surface area contributed by atoms with Gasteiger partial charge in [0.2, 0.25) is 5.91 Å². The van der Waals surface area contributed by atoms with Crippen LogP contribution in [0.2, 0.25) is 0 Å². The van der Waals surface area contributed by atoms with E-state index in [0.717, 1.165) is 37.3 Å². The molecule has 24 heavy (non-hydrogen) atoms. The molecule has 1 aliphatic heterocycles. The number of carbonyl (C=O) groups excluding carboxylic acids is 1. The van der Waals surface area contributed by atoms with E-state index in [1.165, 1.54) is 5.56 Å². The molecule has 1 amide bonds. The zero-order valence-electron chi connectivity index (χ0n) is 14.2. The highest BCUT2D eigenvalue weighted by atomic mass is 16.1. The maximum absolute atomic E-state index is 11.4. The summed E-state index contributed by atoms with van der Waals surface area (Å²) in [7, 11) is 1.67. The Hall–Kier alpha value is -2.33. The zero-order chi connectivity index (χ0) is 16.8. The maximum atomic E-state index is 11.4. The maximum Gasteiger partial charge on any atom is 0.224 e. The van der Waals surface area contributed by atoms with Gasteiger partial charge in [0.05, 0.1) is 6.42 Å². The van der Waals surface area contributed by atoms with E-state index in [-0.39, 0.29) is 5.91 Å². The lowest BCUT2D eigenvalue weighted by atomic mass is 10.1. The Labute approximate surface area is 143 Å². The minimum atomic E-state index is 0.0445. The van der Waals surface area contributed by atoms with Crippen molar-refractivity contribution in [2.75, 3.05) is 25.5 Å². The van der Waals surface area contributed by atoms with E-state index in [0.29, 0.717) is 12.5 Å². The summed E-state index contributed by atoms with van der Waals surface area (Å²) in [6.07, 6.45) is 1.60. The van der Waals surface area contributed by atoms with E-state index in [2.05, 4.69) is 58.0 Å². The molecule has 0 spiro atoms. The molecule has 2 N–H and O–H groups in total. The third-order valence-corrected chi connectivity index (χ3v) is 4.49. The topological polar surface area (TPSA) is 44.4 Å². The van der Waals surface area contributed by atoms with Gasteiger partial charge in [-0.15, -0.1) is 0 Å². The van der Waals surface area contributed by atoms with Crippen molar-refractivity contribution in [2.45, 2.75) is 25.4 Å². The lowest BCUT2D eigenvalue weighted by Gasteiger charge is -2.17. The molecule has 1 unspecified atom stereocenters. The molecule has 2 aromatic carbocycles. The molecule has 0 aliphatic carbocycles. The van der Waals surface area contributed by atoms with Crippen molar-refractivity contribution in [3.05, 3.63) is 65.7 Å². The van der Waals surface area contributed by atoms with Crippen molar-refractivity contribution >= 4 is 11.6 Å². The van der Waals surface area contributed by atoms with Gasteiger partial charge >= 0.3 is 0 Å². The summed E-state index contributed by atoms with van der Waals surface area (Å²) in [6, 6.07) is 19.3. The number of hydrogen-bond donors (Lipinski definition) is 2. The number of rotatable bonds is 6. The van der Waals surface area contributed by atoms with Gasteiger partial charge in [-0.2, -0.15) is 0 Å². The van der Waals surface area contributed by atoms with Crippen LogP contribution >= 0.6 is 0 Å². The minimum absolute atomic E-state index is 0.0445. The summed E-state index contributed by atoms with van der Waals surface area (Å²) in [6.45, 7) is 3.21. The van der Waals surface area contributed by atoms with Crippen molar-refractivity contribution < 1.29 is 4.79 Å². The molecule has 3 rings (SSSR count). The molecule has 0 saturated carbocycles. The minimum Gasteiger partial charge on any atom is -0.381 e. The van der Waals surface area contributed by atoms with Gasteiger partial charge in [-0.3, -0.25) is 9.69 Å². The summed E-state index contributed by atoms with van der Waals surface area (Å²) in [5.41, 5.74) is 3.54. The lowest BCUT2D eigenvalue weighted by molar-refractivity contribution is -0.119. The van der Waals surface area contributed by atoms with Gasteiger partial charge in [0, 0.05) is 38.4 Å². The predicted molar refractivity (Wildman–Crippen MR) is 98.0 cm³/mol. The van der Waals surface area contributed by atoms with Crippen molar-refractivity contribution in [3.8, 4) is 0 Å². The number of amides is 1. The Morgan fingerprint density at radius 1 is 1.08 bits per heavy atom. The Kier molecular flexibility index (Phi) is 5.49. The number of nitrogens with one attached hydrogen (secondary N) is 2. The molecule has 4 nitrogen and oxygen atoms in total. The number of likely N-dealkylation sites (N-methyl/N-ethyl adjacent to an activating group) is 1. The first-order chi connectivity index (χ1) is 11.7. The van der Waals surface area contributed by atoms with Gasteiger partial charge < -0.3 is 10.6 Å². The molecule has 0 bridgehead atoms. The molecule has 126 valence electrons. The van der Waals surface area contributed by atoms with Crippen molar-refractivity contribution in [1.29, 1.82) is 0 Å². The second kappa shape index (κ2) is 7.97. The fourth-order valence-electron chi connectivity index (χ4n) is 3.16. The van der Waals surface area contributed by atoms with E-state index in [1.807, 2.05) is 12.1 Å². The fourth-order valence-corrected chi connectivity index (χ4v) is 3.16. The number of hydrogen-bond acceptors (Lipinski definition) is 3. The number of likely N-dealkylation sites (tertiary alicyclic amines) is 1. The highest BCUT2D eigenvalue weighted by molar-refractivity contribution is 5.78. The molecular weight excluding hydrogens is 298 g/mol.